The maximum Gasteiger partial charge on any atom is 0.109 e. The molecule has 0 bridgehead atoms. The fourth-order valence-electron chi connectivity index (χ4n) is 6.95. The number of aliphatic imine (C=N–C) groups is 1. The zero-order valence-corrected chi connectivity index (χ0v) is 23.0. The third-order valence-corrected chi connectivity index (χ3v) is 8.64. The van der Waals surface area contributed by atoms with Crippen LogP contribution < -0.4 is 15.9 Å². The quantitative estimate of drug-likeness (QED) is 0.628. The van der Waals surface area contributed by atoms with Gasteiger partial charge in [-0.15, -0.1) is 0 Å². The maximum absolute atomic E-state index is 5.11. The lowest BCUT2D eigenvalue weighted by Crippen LogP contribution is -2.62. The van der Waals surface area contributed by atoms with Crippen LogP contribution in [0.15, 0.2) is 40.3 Å². The van der Waals surface area contributed by atoms with E-state index in [0.29, 0.717) is 17.9 Å². The van der Waals surface area contributed by atoms with Crippen molar-refractivity contribution in [1.29, 1.82) is 0 Å². The minimum absolute atomic E-state index is 0.130. The maximum atomic E-state index is 5.11. The number of piperidine rings is 1. The molecule has 3 aliphatic heterocycles. The van der Waals surface area contributed by atoms with Gasteiger partial charge in [0.2, 0.25) is 0 Å². The molecule has 36 heavy (non-hydrogen) atoms. The number of hydrogen-bond acceptors (Lipinski definition) is 4. The summed E-state index contributed by atoms with van der Waals surface area (Å²) in [6.07, 6.45) is 9.39. The molecular formula is C32H42N4. The number of nitrogens with one attached hydrogen (secondary N) is 1. The fraction of sp³-hybridized carbons (Fsp3) is 0.562. The van der Waals surface area contributed by atoms with Gasteiger partial charge in [0.1, 0.15) is 5.84 Å². The molecule has 6 rings (SSSR count). The third-order valence-electron chi connectivity index (χ3n) is 8.64. The van der Waals surface area contributed by atoms with E-state index in [0.717, 1.165) is 37.9 Å². The number of benzene rings is 2. The highest BCUT2D eigenvalue weighted by atomic mass is 15.2. The summed E-state index contributed by atoms with van der Waals surface area (Å²) in [6, 6.07) is 12.2. The Morgan fingerprint density at radius 1 is 0.944 bits per heavy atom. The second-order valence-electron chi connectivity index (χ2n) is 13.2. The Balaban J connectivity index is 1.29. The first-order valence-electron chi connectivity index (χ1n) is 14.0. The van der Waals surface area contributed by atoms with Gasteiger partial charge in [0.25, 0.3) is 0 Å². The predicted octanol–water partition coefficient (Wildman–Crippen LogP) is 5.50. The summed E-state index contributed by atoms with van der Waals surface area (Å²) in [5, 5.41) is 6.43. The molecule has 2 aromatic carbocycles. The molecule has 1 unspecified atom stereocenters. The van der Waals surface area contributed by atoms with Crippen LogP contribution in [0.5, 0.6) is 0 Å². The van der Waals surface area contributed by atoms with Crippen molar-refractivity contribution in [3.63, 3.8) is 0 Å². The molecule has 190 valence electrons. The number of amidine groups is 1. The average molecular weight is 483 g/mol. The monoisotopic (exact) mass is 482 g/mol. The zero-order chi connectivity index (χ0) is 25.2. The van der Waals surface area contributed by atoms with Gasteiger partial charge < -0.3 is 10.2 Å². The average Bonchev–Trinajstić information content (AvgIpc) is 3.57. The first-order valence-corrected chi connectivity index (χ1v) is 14.0. The van der Waals surface area contributed by atoms with Crippen LogP contribution in [0.1, 0.15) is 83.8 Å². The van der Waals surface area contributed by atoms with E-state index < -0.39 is 0 Å². The fourth-order valence-corrected chi connectivity index (χ4v) is 6.95. The van der Waals surface area contributed by atoms with Gasteiger partial charge in [-0.1, -0.05) is 19.1 Å². The summed E-state index contributed by atoms with van der Waals surface area (Å²) in [7, 11) is 2.25. The summed E-state index contributed by atoms with van der Waals surface area (Å²) in [4.78, 5) is 12.6. The molecule has 2 aromatic rings. The summed E-state index contributed by atoms with van der Waals surface area (Å²) < 4.78 is 0. The first kappa shape index (κ1) is 23.9. The van der Waals surface area contributed by atoms with Crippen LogP contribution in [-0.4, -0.2) is 41.4 Å². The topological polar surface area (TPSA) is 40.0 Å². The molecule has 2 fully saturated rings. The molecule has 1 saturated carbocycles. The van der Waals surface area contributed by atoms with E-state index in [1.54, 1.807) is 0 Å². The molecule has 1 saturated heterocycles. The van der Waals surface area contributed by atoms with E-state index in [2.05, 4.69) is 88.3 Å². The molecule has 0 aromatic heterocycles. The summed E-state index contributed by atoms with van der Waals surface area (Å²) >= 11 is 0. The van der Waals surface area contributed by atoms with E-state index in [4.69, 9.17) is 9.98 Å². The van der Waals surface area contributed by atoms with E-state index in [1.165, 1.54) is 51.5 Å². The number of hydrogen-bond donors (Lipinski definition) is 1. The molecule has 0 radical (unpaired) electrons. The van der Waals surface area contributed by atoms with Crippen molar-refractivity contribution in [3.05, 3.63) is 52.0 Å². The van der Waals surface area contributed by atoms with Gasteiger partial charge in [-0.25, -0.2) is 4.99 Å². The Hall–Kier alpha value is -2.46. The first-order chi connectivity index (χ1) is 17.1. The van der Waals surface area contributed by atoms with Crippen molar-refractivity contribution < 1.29 is 0 Å². The molecule has 3 heterocycles. The van der Waals surface area contributed by atoms with Gasteiger partial charge in [0.15, 0.2) is 0 Å². The van der Waals surface area contributed by atoms with E-state index in [-0.39, 0.29) is 11.1 Å². The lowest BCUT2D eigenvalue weighted by molar-refractivity contribution is 0.113. The van der Waals surface area contributed by atoms with Gasteiger partial charge in [0, 0.05) is 37.1 Å². The van der Waals surface area contributed by atoms with E-state index >= 15 is 0 Å². The van der Waals surface area contributed by atoms with Crippen LogP contribution in [0.25, 0.3) is 17.2 Å². The second kappa shape index (κ2) is 8.55. The van der Waals surface area contributed by atoms with Crippen LogP contribution in [0, 0.1) is 5.92 Å². The number of nitrogens with zero attached hydrogens (tertiary/aromatic N) is 3. The summed E-state index contributed by atoms with van der Waals surface area (Å²) in [5.41, 5.74) is 6.87. The Labute approximate surface area is 216 Å². The summed E-state index contributed by atoms with van der Waals surface area (Å²) in [6.45, 7) is 12.6. The predicted molar refractivity (Wildman–Crippen MR) is 151 cm³/mol. The van der Waals surface area contributed by atoms with Crippen molar-refractivity contribution in [2.24, 2.45) is 15.9 Å². The van der Waals surface area contributed by atoms with Crippen LogP contribution in [0.3, 0.4) is 0 Å². The second-order valence-corrected chi connectivity index (χ2v) is 13.2. The van der Waals surface area contributed by atoms with Gasteiger partial charge >= 0.3 is 0 Å². The molecule has 1 aliphatic carbocycles. The molecule has 4 aliphatic rings. The van der Waals surface area contributed by atoms with Gasteiger partial charge in [-0.2, -0.15) is 0 Å². The number of rotatable bonds is 3. The Bertz CT molecular complexity index is 1330. The minimum atomic E-state index is 0.130. The Kier molecular flexibility index (Phi) is 5.68. The number of likely N-dealkylation sites (N-methyl/N-ethyl adjacent to an activating group) is 1. The smallest absolute Gasteiger partial charge is 0.109 e. The van der Waals surface area contributed by atoms with Gasteiger partial charge in [-0.3, -0.25) is 4.99 Å². The highest BCUT2D eigenvalue weighted by molar-refractivity contribution is 5.93. The van der Waals surface area contributed by atoms with Crippen LogP contribution in [0.2, 0.25) is 0 Å². The van der Waals surface area contributed by atoms with E-state index in [9.17, 15) is 0 Å². The molecule has 0 spiro atoms. The van der Waals surface area contributed by atoms with Crippen LogP contribution in [0.4, 0.5) is 5.69 Å². The zero-order valence-electron chi connectivity index (χ0n) is 23.0. The minimum Gasteiger partial charge on any atom is -0.360 e. The lowest BCUT2D eigenvalue weighted by atomic mass is 9.79. The molecule has 1 atom stereocenters. The van der Waals surface area contributed by atoms with Gasteiger partial charge in [-0.05, 0) is 123 Å². The molecule has 0 amide bonds. The van der Waals surface area contributed by atoms with Crippen molar-refractivity contribution in [1.82, 2.24) is 10.2 Å². The Morgan fingerprint density at radius 2 is 1.69 bits per heavy atom. The SMILES string of the molecule is CC1C=c2cc(-c3ccc4c(c3)CC(N(C)C3CC(C)(C)NC(C)(C)C3)=N4)cc(C3CC3)c2=NCC1. The van der Waals surface area contributed by atoms with Crippen molar-refractivity contribution in [2.75, 3.05) is 13.6 Å². The van der Waals surface area contributed by atoms with Crippen molar-refractivity contribution in [3.8, 4) is 11.1 Å². The largest absolute Gasteiger partial charge is 0.360 e. The van der Waals surface area contributed by atoms with Crippen molar-refractivity contribution in [2.45, 2.75) is 96.2 Å². The Morgan fingerprint density at radius 3 is 2.42 bits per heavy atom. The van der Waals surface area contributed by atoms with Crippen molar-refractivity contribution >= 4 is 17.6 Å². The molecular weight excluding hydrogens is 440 g/mol. The van der Waals surface area contributed by atoms with Gasteiger partial charge in [0.05, 0.1) is 11.0 Å². The van der Waals surface area contributed by atoms with Crippen LogP contribution in [-0.2, 0) is 6.42 Å². The van der Waals surface area contributed by atoms with E-state index in [1.807, 2.05) is 0 Å². The standard InChI is InChI=1S/C32H42N4/c1-20-11-12-33-30-25(13-20)15-23(16-27(30)21-7-8-21)22-9-10-28-24(14-22)17-29(34-28)36(6)26-18-31(2,3)35-32(4,5)19-26/h9-10,13-16,20-21,26,35H,7-8,11-12,17-19H2,1-6H3. The third kappa shape index (κ3) is 4.65. The molecule has 4 nitrogen and oxygen atoms in total. The lowest BCUT2D eigenvalue weighted by Gasteiger charge is -2.49. The van der Waals surface area contributed by atoms with Crippen LogP contribution >= 0.6 is 0 Å². The normalized spacial score (nSPS) is 24.6. The number of fused-ring (bicyclic) bond motifs is 2. The molecule has 4 heteroatoms. The summed E-state index contributed by atoms with van der Waals surface area (Å²) in [5.74, 6) is 2.48. The highest BCUT2D eigenvalue weighted by Crippen LogP contribution is 2.40. The highest BCUT2D eigenvalue weighted by Gasteiger charge is 2.40. The molecule has 1 N–H and O–H groups in total.